The summed E-state index contributed by atoms with van der Waals surface area (Å²) in [6, 6.07) is 8.38. The molecule has 1 heterocycles. The largest absolute Gasteiger partial charge is 0.384 e. The van der Waals surface area contributed by atoms with E-state index in [9.17, 15) is 0 Å². The molecule has 0 atom stereocenters. The maximum absolute atomic E-state index is 5.14. The van der Waals surface area contributed by atoms with Crippen LogP contribution in [0.2, 0.25) is 0 Å². The van der Waals surface area contributed by atoms with Gasteiger partial charge in [-0.05, 0) is 25.2 Å². The maximum atomic E-state index is 5.14. The summed E-state index contributed by atoms with van der Waals surface area (Å²) in [5.41, 5.74) is 2.31. The van der Waals surface area contributed by atoms with E-state index in [4.69, 9.17) is 9.72 Å². The molecule has 0 unspecified atom stereocenters. The summed E-state index contributed by atoms with van der Waals surface area (Å²) in [4.78, 5) is 7.21. The second-order valence-corrected chi connectivity index (χ2v) is 5.96. The van der Waals surface area contributed by atoms with Gasteiger partial charge < -0.3 is 14.2 Å². The number of halogens is 2. The van der Waals surface area contributed by atoms with Gasteiger partial charge in [-0.3, -0.25) is 0 Å². The van der Waals surface area contributed by atoms with Gasteiger partial charge in [0.15, 0.2) is 5.16 Å². The zero-order valence-corrected chi connectivity index (χ0v) is 16.5. The van der Waals surface area contributed by atoms with Crippen molar-refractivity contribution >= 4 is 47.6 Å². The first-order chi connectivity index (χ1) is 10.3. The number of fused-ring (bicyclic) bond motifs is 1. The standard InChI is InChI=1S/C16H25N3OS.2ClH/c1-4-18(5-2)10-11-19-15-9-7-6-8-14(15)17-16(19)21-13-12-20-3;;/h6-9H,4-5,10-13H2,1-3H3;2*1H. The maximum Gasteiger partial charge on any atom is 0.169 e. The van der Waals surface area contributed by atoms with Crippen LogP contribution in [0.3, 0.4) is 0 Å². The summed E-state index contributed by atoms with van der Waals surface area (Å²) >= 11 is 1.77. The van der Waals surface area contributed by atoms with Gasteiger partial charge in [-0.15, -0.1) is 24.8 Å². The van der Waals surface area contributed by atoms with Crippen LogP contribution in [0.5, 0.6) is 0 Å². The number of likely N-dealkylation sites (N-methyl/N-ethyl adjacent to an activating group) is 1. The first-order valence-corrected chi connectivity index (χ1v) is 8.58. The number of nitrogens with zero attached hydrogens (tertiary/aromatic N) is 3. The number of ether oxygens (including phenoxy) is 1. The molecule has 1 aromatic heterocycles. The van der Waals surface area contributed by atoms with Crippen LogP contribution in [0.4, 0.5) is 0 Å². The molecule has 0 fully saturated rings. The molecule has 23 heavy (non-hydrogen) atoms. The van der Waals surface area contributed by atoms with Crippen molar-refractivity contribution in [2.75, 3.05) is 39.1 Å². The molecule has 2 rings (SSSR count). The molecule has 0 saturated carbocycles. The normalized spacial score (nSPS) is 10.6. The molecule has 0 N–H and O–H groups in total. The quantitative estimate of drug-likeness (QED) is 0.487. The van der Waals surface area contributed by atoms with E-state index in [0.717, 1.165) is 49.2 Å². The van der Waals surface area contributed by atoms with Crippen molar-refractivity contribution in [2.45, 2.75) is 25.5 Å². The van der Waals surface area contributed by atoms with E-state index in [1.807, 2.05) is 6.07 Å². The Morgan fingerprint density at radius 3 is 2.52 bits per heavy atom. The Morgan fingerprint density at radius 2 is 1.87 bits per heavy atom. The minimum Gasteiger partial charge on any atom is -0.384 e. The Hall–Kier alpha value is -0.460. The third-order valence-corrected chi connectivity index (χ3v) is 4.61. The highest BCUT2D eigenvalue weighted by Crippen LogP contribution is 2.24. The Labute approximate surface area is 155 Å². The lowest BCUT2D eigenvalue weighted by molar-refractivity contribution is 0.218. The number of rotatable bonds is 9. The second kappa shape index (κ2) is 12.0. The molecule has 0 aliphatic rings. The number of hydrogen-bond donors (Lipinski definition) is 0. The van der Waals surface area contributed by atoms with Crippen molar-refractivity contribution < 1.29 is 4.74 Å². The molecule has 0 radical (unpaired) electrons. The van der Waals surface area contributed by atoms with Gasteiger partial charge in [-0.25, -0.2) is 4.98 Å². The lowest BCUT2D eigenvalue weighted by Crippen LogP contribution is -2.27. The summed E-state index contributed by atoms with van der Waals surface area (Å²) in [6.45, 7) is 9.41. The molecule has 0 aliphatic carbocycles. The third-order valence-electron chi connectivity index (χ3n) is 3.67. The molecular weight excluding hydrogens is 353 g/mol. The molecule has 2 aromatic rings. The molecule has 132 valence electrons. The van der Waals surface area contributed by atoms with Gasteiger partial charge in [0.05, 0.1) is 17.6 Å². The zero-order valence-electron chi connectivity index (χ0n) is 14.0. The van der Waals surface area contributed by atoms with Crippen LogP contribution in [-0.4, -0.2) is 53.6 Å². The number of benzene rings is 1. The van der Waals surface area contributed by atoms with E-state index < -0.39 is 0 Å². The van der Waals surface area contributed by atoms with Gasteiger partial charge in [0.25, 0.3) is 0 Å². The van der Waals surface area contributed by atoms with Crippen LogP contribution in [0, 0.1) is 0 Å². The molecule has 4 nitrogen and oxygen atoms in total. The summed E-state index contributed by atoms with van der Waals surface area (Å²) in [5.74, 6) is 0.936. The van der Waals surface area contributed by atoms with Crippen molar-refractivity contribution in [2.24, 2.45) is 0 Å². The highest BCUT2D eigenvalue weighted by Gasteiger charge is 2.11. The van der Waals surface area contributed by atoms with E-state index in [1.54, 1.807) is 18.9 Å². The average molecular weight is 380 g/mol. The van der Waals surface area contributed by atoms with E-state index >= 15 is 0 Å². The molecule has 1 aromatic carbocycles. The minimum atomic E-state index is 0. The number of thioether (sulfide) groups is 1. The van der Waals surface area contributed by atoms with Crippen LogP contribution >= 0.6 is 36.6 Å². The predicted molar refractivity (Wildman–Crippen MR) is 105 cm³/mol. The van der Waals surface area contributed by atoms with Gasteiger partial charge in [0, 0.05) is 26.0 Å². The average Bonchev–Trinajstić information content (AvgIpc) is 2.86. The molecule has 7 heteroatoms. The number of methoxy groups -OCH3 is 1. The number of imidazole rings is 1. The Morgan fingerprint density at radius 1 is 1.17 bits per heavy atom. The monoisotopic (exact) mass is 379 g/mol. The van der Waals surface area contributed by atoms with E-state index in [0.29, 0.717) is 0 Å². The fourth-order valence-corrected chi connectivity index (χ4v) is 3.32. The summed E-state index contributed by atoms with van der Waals surface area (Å²) in [7, 11) is 1.74. The minimum absolute atomic E-state index is 0. The summed E-state index contributed by atoms with van der Waals surface area (Å²) < 4.78 is 7.49. The lowest BCUT2D eigenvalue weighted by atomic mass is 10.3. The summed E-state index contributed by atoms with van der Waals surface area (Å²) in [6.07, 6.45) is 0. The first kappa shape index (κ1) is 22.5. The van der Waals surface area contributed by atoms with E-state index in [1.165, 1.54) is 5.52 Å². The van der Waals surface area contributed by atoms with Gasteiger partial charge in [-0.1, -0.05) is 37.7 Å². The highest BCUT2D eigenvalue weighted by molar-refractivity contribution is 7.99. The third kappa shape index (κ3) is 6.16. The van der Waals surface area contributed by atoms with Gasteiger partial charge in [-0.2, -0.15) is 0 Å². The fraction of sp³-hybridized carbons (Fsp3) is 0.562. The number of hydrogen-bond acceptors (Lipinski definition) is 4. The van der Waals surface area contributed by atoms with Gasteiger partial charge >= 0.3 is 0 Å². The van der Waals surface area contributed by atoms with Crippen LogP contribution < -0.4 is 0 Å². The van der Waals surface area contributed by atoms with Crippen LogP contribution in [-0.2, 0) is 11.3 Å². The molecular formula is C16H27Cl2N3OS. The van der Waals surface area contributed by atoms with Crippen molar-refractivity contribution in [3.8, 4) is 0 Å². The van der Waals surface area contributed by atoms with Crippen LogP contribution in [0.1, 0.15) is 13.8 Å². The Kier molecular flexibility index (Phi) is 11.7. The van der Waals surface area contributed by atoms with E-state index in [2.05, 4.69) is 41.5 Å². The highest BCUT2D eigenvalue weighted by atomic mass is 35.5. The van der Waals surface area contributed by atoms with Crippen LogP contribution in [0.15, 0.2) is 29.4 Å². The Bertz CT molecular complexity index is 561. The van der Waals surface area contributed by atoms with Gasteiger partial charge in [0.2, 0.25) is 0 Å². The number of para-hydroxylation sites is 2. The predicted octanol–water partition coefficient (Wildman–Crippen LogP) is 3.96. The van der Waals surface area contributed by atoms with Crippen molar-refractivity contribution in [3.05, 3.63) is 24.3 Å². The Balaban J connectivity index is 0.00000242. The molecule has 0 aliphatic heterocycles. The first-order valence-electron chi connectivity index (χ1n) is 7.59. The lowest BCUT2D eigenvalue weighted by Gasteiger charge is -2.19. The van der Waals surface area contributed by atoms with Crippen molar-refractivity contribution in [1.82, 2.24) is 14.5 Å². The number of aromatic nitrogens is 2. The summed E-state index contributed by atoms with van der Waals surface area (Å²) in [5, 5.41) is 1.10. The molecule has 0 saturated heterocycles. The smallest absolute Gasteiger partial charge is 0.169 e. The molecule has 0 amide bonds. The zero-order chi connectivity index (χ0) is 15.1. The SMILES string of the molecule is CCN(CC)CCn1c(SCCOC)nc2ccccc21.Cl.Cl. The fourth-order valence-electron chi connectivity index (χ4n) is 2.38. The van der Waals surface area contributed by atoms with Gasteiger partial charge in [0.1, 0.15) is 0 Å². The van der Waals surface area contributed by atoms with Crippen molar-refractivity contribution in [1.29, 1.82) is 0 Å². The van der Waals surface area contributed by atoms with Crippen molar-refractivity contribution in [3.63, 3.8) is 0 Å². The second-order valence-electron chi connectivity index (χ2n) is 4.90. The van der Waals surface area contributed by atoms with Crippen LogP contribution in [0.25, 0.3) is 11.0 Å². The van der Waals surface area contributed by atoms with E-state index in [-0.39, 0.29) is 24.8 Å². The molecule has 0 spiro atoms. The topological polar surface area (TPSA) is 30.3 Å². The molecule has 0 bridgehead atoms.